The van der Waals surface area contributed by atoms with Gasteiger partial charge in [0.2, 0.25) is 0 Å². The maximum absolute atomic E-state index is 14.3. The van der Waals surface area contributed by atoms with Gasteiger partial charge in [0.25, 0.3) is 5.91 Å². The van der Waals surface area contributed by atoms with Gasteiger partial charge in [-0.15, -0.1) is 11.3 Å². The highest BCUT2D eigenvalue weighted by atomic mass is 32.1. The van der Waals surface area contributed by atoms with E-state index in [9.17, 15) is 14.0 Å². The molecule has 4 aliphatic rings. The van der Waals surface area contributed by atoms with E-state index in [1.54, 1.807) is 24.5 Å². The Labute approximate surface area is 295 Å². The fourth-order valence-electron chi connectivity index (χ4n) is 8.97. The van der Waals surface area contributed by atoms with E-state index in [1.165, 1.54) is 17.2 Å². The number of hydrogen-bond acceptors (Lipinski definition) is 9. The van der Waals surface area contributed by atoms with Gasteiger partial charge in [-0.2, -0.15) is 0 Å². The van der Waals surface area contributed by atoms with Crippen LogP contribution in [0.1, 0.15) is 87.7 Å². The van der Waals surface area contributed by atoms with Crippen LogP contribution in [-0.2, 0) is 19.3 Å². The van der Waals surface area contributed by atoms with Crippen molar-refractivity contribution in [3.8, 4) is 27.6 Å². The van der Waals surface area contributed by atoms with Crippen molar-refractivity contribution in [2.75, 3.05) is 19.0 Å². The number of amides is 1. The number of H-pyrrole nitrogens is 1. The van der Waals surface area contributed by atoms with Gasteiger partial charge in [-0.05, 0) is 109 Å². The van der Waals surface area contributed by atoms with Gasteiger partial charge in [-0.25, -0.2) is 14.2 Å². The van der Waals surface area contributed by atoms with Crippen LogP contribution >= 0.6 is 11.3 Å². The molecule has 10 rings (SSSR count). The summed E-state index contributed by atoms with van der Waals surface area (Å²) in [4.78, 5) is 42.4. The number of fused-ring (bicyclic) bond motifs is 6. The summed E-state index contributed by atoms with van der Waals surface area (Å²) in [5.74, 6) is 1.02. The second kappa shape index (κ2) is 11.6. The van der Waals surface area contributed by atoms with Gasteiger partial charge >= 0.3 is 5.76 Å². The molecule has 0 radical (unpaired) electrons. The van der Waals surface area contributed by atoms with Crippen LogP contribution in [-0.4, -0.2) is 44.6 Å². The van der Waals surface area contributed by atoms with Crippen molar-refractivity contribution in [3.63, 3.8) is 0 Å². The van der Waals surface area contributed by atoms with Crippen LogP contribution in [0.25, 0.3) is 31.9 Å². The van der Waals surface area contributed by atoms with Gasteiger partial charge < -0.3 is 15.0 Å². The third-order valence-electron chi connectivity index (χ3n) is 11.2. The summed E-state index contributed by atoms with van der Waals surface area (Å²) in [5.41, 5.74) is 7.92. The van der Waals surface area contributed by atoms with Crippen LogP contribution in [0.3, 0.4) is 0 Å². The monoisotopic (exact) mass is 700 g/mol. The van der Waals surface area contributed by atoms with Crippen LogP contribution in [0, 0.1) is 5.82 Å². The molecule has 2 aliphatic carbocycles. The lowest BCUT2D eigenvalue weighted by molar-refractivity contribution is 0.0776. The third kappa shape index (κ3) is 4.76. The number of nitrogens with one attached hydrogen (secondary N) is 2. The molecule has 0 saturated carbocycles. The van der Waals surface area contributed by atoms with Gasteiger partial charge in [0.05, 0.1) is 46.4 Å². The number of anilines is 1. The molecule has 1 amide bonds. The molecule has 2 aromatic carbocycles. The predicted molar refractivity (Wildman–Crippen MR) is 191 cm³/mol. The molecule has 2 N–H and O–H groups in total. The number of ether oxygens (including phenoxy) is 1. The summed E-state index contributed by atoms with van der Waals surface area (Å²) in [6, 6.07) is 15.2. The smallest absolute Gasteiger partial charge is 0.439 e. The molecule has 10 nitrogen and oxygen atoms in total. The highest BCUT2D eigenvalue weighted by Crippen LogP contribution is 2.51. The van der Waals surface area contributed by atoms with Gasteiger partial charge in [0.15, 0.2) is 5.82 Å². The molecule has 1 saturated heterocycles. The number of aromatic nitrogens is 4. The Morgan fingerprint density at radius 2 is 1.98 bits per heavy atom. The van der Waals surface area contributed by atoms with E-state index in [4.69, 9.17) is 19.2 Å². The topological polar surface area (TPSA) is 126 Å². The first kappa shape index (κ1) is 30.5. The predicted octanol–water partition coefficient (Wildman–Crippen LogP) is 7.51. The van der Waals surface area contributed by atoms with Crippen molar-refractivity contribution in [3.05, 3.63) is 110 Å². The molecule has 3 atom stereocenters. The fraction of sp³-hybridized carbons (Fsp3) is 0.308. The lowest BCUT2D eigenvalue weighted by Crippen LogP contribution is -2.22. The number of carbonyl (C=O) groups is 1. The summed E-state index contributed by atoms with van der Waals surface area (Å²) >= 11 is 1.56. The second-order valence-corrected chi connectivity index (χ2v) is 15.0. The maximum atomic E-state index is 14.3. The average molecular weight is 701 g/mol. The van der Waals surface area contributed by atoms with Crippen LogP contribution in [0.4, 0.5) is 10.2 Å². The average Bonchev–Trinajstić information content (AvgIpc) is 3.99. The summed E-state index contributed by atoms with van der Waals surface area (Å²) in [6.45, 7) is 0.671. The molecule has 0 bridgehead atoms. The first-order valence-electron chi connectivity index (χ1n) is 17.5. The number of benzene rings is 2. The first-order chi connectivity index (χ1) is 24.9. The van der Waals surface area contributed by atoms with E-state index < -0.39 is 5.76 Å². The Bertz CT molecular complexity index is 2470. The van der Waals surface area contributed by atoms with Gasteiger partial charge in [-0.1, -0.05) is 23.4 Å². The zero-order chi connectivity index (χ0) is 34.4. The van der Waals surface area contributed by atoms with E-state index in [0.29, 0.717) is 29.7 Å². The van der Waals surface area contributed by atoms with E-state index in [1.807, 2.05) is 35.4 Å². The molecular formula is C39H33FN6O4S. The largest absolute Gasteiger partial charge is 0.496 e. The first-order valence-corrected chi connectivity index (χ1v) is 18.3. The van der Waals surface area contributed by atoms with Crippen LogP contribution in [0.5, 0.6) is 5.75 Å². The highest BCUT2D eigenvalue weighted by molar-refractivity contribution is 7.23. The molecule has 0 spiro atoms. The summed E-state index contributed by atoms with van der Waals surface area (Å²) in [7, 11) is 1.71. The quantitative estimate of drug-likeness (QED) is 0.175. The Kier molecular flexibility index (Phi) is 6.92. The summed E-state index contributed by atoms with van der Waals surface area (Å²) in [5, 5.41) is 8.89. The van der Waals surface area contributed by atoms with E-state index >= 15 is 0 Å². The standard InChI is InChI=1S/C39H33FN6O4S/c1-49-29-6-2-4-24-25(29)11-12-26(24)43-37-35-21(13-14-41-37)18-30(51-35)32-31(36-44-39(48)50-45-36)27(17-20-8-7-19-16-22(40)9-10-23(19)20)42-34-28-5-3-15-46(28)38(47)33(32)34/h2,4,6,9-10,13-14,16,18,20,26,28H,3,5,7-8,11-12,15,17H2,1H3,(H,41,43)(H,44,45,48). The molecule has 3 unspecified atom stereocenters. The van der Waals surface area contributed by atoms with Gasteiger partial charge in [0, 0.05) is 23.2 Å². The SMILES string of the molecule is COc1cccc2c1CCC2Nc1nccc2cc(-c3c4c(nc(CC5CCc6cc(F)ccc65)c3-c3noc(=O)[nH]3)C3CCCN3C4=O)sc12. The van der Waals surface area contributed by atoms with Crippen LogP contribution < -0.4 is 15.8 Å². The Balaban J connectivity index is 1.15. The number of hydrogen-bond donors (Lipinski definition) is 2. The zero-order valence-corrected chi connectivity index (χ0v) is 28.6. The Morgan fingerprint density at radius 3 is 2.84 bits per heavy atom. The summed E-state index contributed by atoms with van der Waals surface area (Å²) < 4.78 is 25.9. The maximum Gasteiger partial charge on any atom is 0.439 e. The number of carbonyl (C=O) groups excluding carboxylic acids is 1. The van der Waals surface area contributed by atoms with Gasteiger partial charge in [0.1, 0.15) is 17.4 Å². The lowest BCUT2D eigenvalue weighted by atomic mass is 9.89. The number of aryl methyl sites for hydroxylation is 1. The number of nitrogens with zero attached hydrogens (tertiary/aromatic N) is 4. The lowest BCUT2D eigenvalue weighted by Gasteiger charge is -2.19. The zero-order valence-electron chi connectivity index (χ0n) is 27.8. The number of halogens is 1. The van der Waals surface area contributed by atoms with Crippen molar-refractivity contribution in [2.24, 2.45) is 0 Å². The third-order valence-corrected chi connectivity index (χ3v) is 12.4. The number of aromatic amines is 1. The Morgan fingerprint density at radius 1 is 1.06 bits per heavy atom. The second-order valence-electron chi connectivity index (χ2n) is 13.9. The number of rotatable bonds is 7. The number of methoxy groups -OCH3 is 1. The van der Waals surface area contributed by atoms with Crippen molar-refractivity contribution < 1.29 is 18.4 Å². The van der Waals surface area contributed by atoms with Crippen molar-refractivity contribution >= 4 is 33.1 Å². The minimum Gasteiger partial charge on any atom is -0.496 e. The molecule has 2 aliphatic heterocycles. The molecule has 256 valence electrons. The normalized spacial score (nSPS) is 20.2. The van der Waals surface area contributed by atoms with Crippen LogP contribution in [0.2, 0.25) is 0 Å². The molecule has 1 fully saturated rings. The fourth-order valence-corrected chi connectivity index (χ4v) is 10.1. The molecular weight excluding hydrogens is 668 g/mol. The van der Waals surface area contributed by atoms with Crippen LogP contribution in [0.15, 0.2) is 64.0 Å². The minimum atomic E-state index is -0.684. The van der Waals surface area contributed by atoms with E-state index in [2.05, 4.69) is 27.6 Å². The molecule has 6 heterocycles. The molecule has 51 heavy (non-hydrogen) atoms. The van der Waals surface area contributed by atoms with E-state index in [-0.39, 0.29) is 35.6 Å². The number of thiophene rings is 1. The van der Waals surface area contributed by atoms with Crippen molar-refractivity contribution in [1.82, 2.24) is 25.0 Å². The Hall–Kier alpha value is -5.36. The van der Waals surface area contributed by atoms with E-state index in [0.717, 1.165) is 87.6 Å². The van der Waals surface area contributed by atoms with Gasteiger partial charge in [-0.3, -0.25) is 19.3 Å². The number of pyridine rings is 2. The minimum absolute atomic E-state index is 0.0548. The van der Waals surface area contributed by atoms with Crippen molar-refractivity contribution in [1.29, 1.82) is 0 Å². The molecule has 4 aromatic heterocycles. The molecule has 6 aromatic rings. The van der Waals surface area contributed by atoms with Crippen molar-refractivity contribution in [2.45, 2.75) is 62.9 Å². The molecule has 12 heteroatoms. The highest BCUT2D eigenvalue weighted by Gasteiger charge is 2.45. The summed E-state index contributed by atoms with van der Waals surface area (Å²) in [6.07, 6.45) is 7.55.